The Hall–Kier alpha value is -6.44. The number of carboxylic acids is 2. The van der Waals surface area contributed by atoms with Gasteiger partial charge in [-0.25, -0.2) is 4.79 Å². The largest absolute Gasteiger partial charge is 0.481 e. The smallest absolute Gasteiger partial charge is 0.326 e. The number of nitrogens with one attached hydrogen (secondary N) is 9. The van der Waals surface area contributed by atoms with Gasteiger partial charge < -0.3 is 75.3 Å². The average molecular weight is 1030 g/mol. The molecule has 0 bridgehead atoms. The number of aliphatic carboxylic acids is 2. The van der Waals surface area contributed by atoms with Crippen LogP contribution in [0.5, 0.6) is 0 Å². The number of primary amides is 1. The predicted octanol–water partition coefficient (Wildman–Crippen LogP) is -2.90. The normalized spacial score (nSPS) is 15.3. The monoisotopic (exact) mass is 1030 g/mol. The van der Waals surface area contributed by atoms with Crippen molar-refractivity contribution >= 4 is 71.0 Å². The lowest BCUT2D eigenvalue weighted by Crippen LogP contribution is -2.60. The van der Waals surface area contributed by atoms with Crippen LogP contribution in [-0.2, 0) is 57.5 Å². The standard InChI is InChI=1S/C46H82N12O14/c1-10-25(7)37(58-40(65)28(48)14-12-13-17-47)44(69)51-21-34(60)50-22-35(61)57-38(26(8)11-2)45(70)55-30(18-23(3)4)42(67)52-27(9)39(64)54-31(20-33(49)59)43(68)53-29(15-16-36(62)63)41(66)56-32(46(71)72)19-24(5)6/h23-32,37-38H,10-22,47-48H2,1-9H3,(H2,49,59)(H,50,60)(H,51,69)(H,52,67)(H,53,68)(H,54,64)(H,55,70)(H,56,66)(H,57,61)(H,58,65)(H,62,63)(H,71,72)/t25-,26-,27-,28-,29-,30-,31-,32-,37-,38-/m0/s1. The van der Waals surface area contributed by atoms with Crippen LogP contribution in [-0.4, -0.2) is 149 Å². The first kappa shape index (κ1) is 65.6. The maximum Gasteiger partial charge on any atom is 0.326 e. The van der Waals surface area contributed by atoms with E-state index in [1.54, 1.807) is 48.5 Å². The number of amides is 10. The van der Waals surface area contributed by atoms with Crippen LogP contribution in [0.25, 0.3) is 0 Å². The van der Waals surface area contributed by atoms with E-state index in [0.29, 0.717) is 38.6 Å². The highest BCUT2D eigenvalue weighted by Gasteiger charge is 2.35. The number of carbonyl (C=O) groups excluding carboxylic acids is 10. The summed E-state index contributed by atoms with van der Waals surface area (Å²) in [6, 6.07) is -10.5. The van der Waals surface area contributed by atoms with Crippen molar-refractivity contribution < 1.29 is 67.7 Å². The van der Waals surface area contributed by atoms with Gasteiger partial charge in [-0.2, -0.15) is 0 Å². The van der Waals surface area contributed by atoms with Gasteiger partial charge in [0.25, 0.3) is 0 Å². The Bertz CT molecular complexity index is 1870. The van der Waals surface area contributed by atoms with E-state index in [4.69, 9.17) is 17.2 Å². The molecular formula is C46H82N12O14. The number of hydrogen-bond acceptors (Lipinski definition) is 14. The first-order valence-electron chi connectivity index (χ1n) is 24.4. The molecule has 26 heteroatoms. The molecule has 0 aliphatic heterocycles. The number of carbonyl (C=O) groups is 12. The summed E-state index contributed by atoms with van der Waals surface area (Å²) in [4.78, 5) is 154. The Morgan fingerprint density at radius 3 is 1.50 bits per heavy atom. The third-order valence-electron chi connectivity index (χ3n) is 11.5. The van der Waals surface area contributed by atoms with Crippen molar-refractivity contribution in [2.75, 3.05) is 19.6 Å². The minimum absolute atomic E-state index is 0.00623. The van der Waals surface area contributed by atoms with Gasteiger partial charge in [-0.1, -0.05) is 74.7 Å². The van der Waals surface area contributed by atoms with Gasteiger partial charge in [0, 0.05) is 6.42 Å². The molecule has 0 spiro atoms. The maximum absolute atomic E-state index is 13.8. The van der Waals surface area contributed by atoms with Crippen LogP contribution in [0.15, 0.2) is 0 Å². The lowest BCUT2D eigenvalue weighted by Gasteiger charge is -2.28. The summed E-state index contributed by atoms with van der Waals surface area (Å²) >= 11 is 0. The van der Waals surface area contributed by atoms with Crippen LogP contribution >= 0.6 is 0 Å². The average Bonchev–Trinajstić information content (AvgIpc) is 3.30. The molecule has 17 N–H and O–H groups in total. The van der Waals surface area contributed by atoms with Gasteiger partial charge >= 0.3 is 11.9 Å². The van der Waals surface area contributed by atoms with E-state index in [9.17, 15) is 67.7 Å². The number of carboxylic acid groups (broad SMARTS) is 2. The minimum atomic E-state index is -1.75. The van der Waals surface area contributed by atoms with E-state index in [1.165, 1.54) is 6.92 Å². The molecule has 0 saturated heterocycles. The Morgan fingerprint density at radius 1 is 0.500 bits per heavy atom. The Balaban J connectivity index is 5.91. The molecule has 410 valence electrons. The van der Waals surface area contributed by atoms with Gasteiger partial charge in [-0.05, 0) is 69.2 Å². The van der Waals surface area contributed by atoms with Gasteiger partial charge in [-0.3, -0.25) is 52.7 Å². The van der Waals surface area contributed by atoms with Crippen LogP contribution in [0.4, 0.5) is 0 Å². The highest BCUT2D eigenvalue weighted by atomic mass is 16.4. The molecule has 26 nitrogen and oxygen atoms in total. The summed E-state index contributed by atoms with van der Waals surface area (Å²) in [7, 11) is 0. The highest BCUT2D eigenvalue weighted by Crippen LogP contribution is 2.13. The number of hydrogen-bond donors (Lipinski definition) is 14. The third kappa shape index (κ3) is 26.1. The van der Waals surface area contributed by atoms with Crippen LogP contribution in [0.3, 0.4) is 0 Å². The lowest BCUT2D eigenvalue weighted by molar-refractivity contribution is -0.143. The van der Waals surface area contributed by atoms with E-state index < -0.39 is 158 Å². The molecule has 72 heavy (non-hydrogen) atoms. The molecule has 10 amide bonds. The first-order valence-corrected chi connectivity index (χ1v) is 24.4. The zero-order valence-corrected chi connectivity index (χ0v) is 43.1. The quantitative estimate of drug-likeness (QED) is 0.0280. The van der Waals surface area contributed by atoms with Crippen molar-refractivity contribution in [3.05, 3.63) is 0 Å². The maximum atomic E-state index is 13.8. The van der Waals surface area contributed by atoms with Crippen molar-refractivity contribution in [2.45, 2.75) is 175 Å². The molecular weight excluding hydrogens is 945 g/mol. The van der Waals surface area contributed by atoms with E-state index in [2.05, 4.69) is 47.9 Å². The molecule has 0 rings (SSSR count). The molecule has 0 unspecified atom stereocenters. The zero-order chi connectivity index (χ0) is 55.4. The second-order valence-electron chi connectivity index (χ2n) is 18.9. The molecule has 0 aromatic rings. The summed E-state index contributed by atoms with van der Waals surface area (Å²) in [6.45, 7) is 14.5. The summed E-state index contributed by atoms with van der Waals surface area (Å²) < 4.78 is 0. The van der Waals surface area contributed by atoms with Crippen LogP contribution in [0.2, 0.25) is 0 Å². The number of unbranched alkanes of at least 4 members (excludes halogenated alkanes) is 1. The summed E-state index contributed by atoms with van der Waals surface area (Å²) in [5.74, 6) is -12.5. The van der Waals surface area contributed by atoms with E-state index in [0.717, 1.165) is 0 Å². The Labute approximate surface area is 421 Å². The van der Waals surface area contributed by atoms with Crippen molar-refractivity contribution in [3.8, 4) is 0 Å². The number of rotatable bonds is 36. The first-order chi connectivity index (χ1) is 33.6. The van der Waals surface area contributed by atoms with Gasteiger partial charge in [-0.15, -0.1) is 0 Å². The summed E-state index contributed by atoms with van der Waals surface area (Å²) in [5.41, 5.74) is 16.8. The molecule has 0 heterocycles. The number of nitrogens with two attached hydrogens (primary N) is 3. The van der Waals surface area contributed by atoms with Crippen molar-refractivity contribution in [1.82, 2.24) is 47.9 Å². The summed E-state index contributed by atoms with van der Waals surface area (Å²) in [6.07, 6.45) is 0.703. The molecule has 0 aliphatic carbocycles. The molecule has 0 aromatic heterocycles. The van der Waals surface area contributed by atoms with Crippen LogP contribution in [0, 0.1) is 23.7 Å². The SMILES string of the molecule is CC[C@H](C)[C@H](NC(=O)CNC(=O)CNC(=O)[C@@H](NC(=O)[C@@H](N)CCCCN)[C@@H](C)CC)C(=O)N[C@@H](CC(C)C)C(=O)N[C@@H](C)C(=O)N[C@@H](CC(N)=O)C(=O)N[C@@H](CCC(=O)O)C(=O)N[C@@H](CC(C)C)C(=O)O. The minimum Gasteiger partial charge on any atom is -0.481 e. The Kier molecular flexibility index (Phi) is 31.0. The van der Waals surface area contributed by atoms with Crippen molar-refractivity contribution in [1.29, 1.82) is 0 Å². The van der Waals surface area contributed by atoms with Gasteiger partial charge in [0.1, 0.15) is 42.3 Å². The second kappa shape index (κ2) is 34.0. The van der Waals surface area contributed by atoms with E-state index in [-0.39, 0.29) is 30.6 Å². The lowest BCUT2D eigenvalue weighted by atomic mass is 9.96. The zero-order valence-electron chi connectivity index (χ0n) is 43.1. The fourth-order valence-electron chi connectivity index (χ4n) is 6.87. The van der Waals surface area contributed by atoms with Crippen molar-refractivity contribution in [2.24, 2.45) is 40.9 Å². The molecule has 0 aliphatic rings. The highest BCUT2D eigenvalue weighted by molar-refractivity contribution is 5.98. The Morgan fingerprint density at radius 2 is 0.986 bits per heavy atom. The van der Waals surface area contributed by atoms with Crippen LogP contribution < -0.4 is 65.1 Å². The fourth-order valence-corrected chi connectivity index (χ4v) is 6.87. The van der Waals surface area contributed by atoms with Gasteiger partial charge in [0.2, 0.25) is 59.1 Å². The fraction of sp³-hybridized carbons (Fsp3) is 0.739. The van der Waals surface area contributed by atoms with Gasteiger partial charge in [0.15, 0.2) is 0 Å². The molecule has 0 saturated carbocycles. The second-order valence-corrected chi connectivity index (χ2v) is 18.9. The predicted molar refractivity (Wildman–Crippen MR) is 262 cm³/mol. The molecule has 10 atom stereocenters. The van der Waals surface area contributed by atoms with E-state index in [1.807, 2.05) is 6.92 Å². The third-order valence-corrected chi connectivity index (χ3v) is 11.5. The van der Waals surface area contributed by atoms with Gasteiger partial charge in [0.05, 0.1) is 25.6 Å². The molecule has 0 aromatic carbocycles. The summed E-state index contributed by atoms with van der Waals surface area (Å²) in [5, 5.41) is 40.8. The molecule has 0 fully saturated rings. The van der Waals surface area contributed by atoms with Crippen LogP contribution in [0.1, 0.15) is 127 Å². The molecule has 0 radical (unpaired) electrons. The van der Waals surface area contributed by atoms with Crippen molar-refractivity contribution in [3.63, 3.8) is 0 Å². The van der Waals surface area contributed by atoms with E-state index >= 15 is 0 Å². The topological polar surface area (TPSA) is 432 Å².